The van der Waals surface area contributed by atoms with E-state index in [1.807, 2.05) is 18.7 Å². The first-order chi connectivity index (χ1) is 9.37. The molecule has 1 aromatic rings. The Labute approximate surface area is 114 Å². The van der Waals surface area contributed by atoms with Crippen LogP contribution in [0.15, 0.2) is 36.2 Å². The molecule has 3 unspecified atom stereocenters. The van der Waals surface area contributed by atoms with E-state index < -0.39 is 15.8 Å². The van der Waals surface area contributed by atoms with E-state index in [-0.39, 0.29) is 23.0 Å². The van der Waals surface area contributed by atoms with Gasteiger partial charge in [0.2, 0.25) is 0 Å². The summed E-state index contributed by atoms with van der Waals surface area (Å²) in [4.78, 5) is 23.1. The van der Waals surface area contributed by atoms with Crippen LogP contribution in [-0.2, 0) is 0 Å². The molecule has 7 nitrogen and oxygen atoms in total. The van der Waals surface area contributed by atoms with E-state index in [4.69, 9.17) is 0 Å². The Bertz CT molecular complexity index is 657. The molecule has 2 heterocycles. The van der Waals surface area contributed by atoms with Gasteiger partial charge in [-0.3, -0.25) is 20.2 Å². The number of fused-ring (bicyclic) bond motifs is 1. The second kappa shape index (κ2) is 3.78. The van der Waals surface area contributed by atoms with Crippen LogP contribution < -0.4 is 0 Å². The molecule has 1 fully saturated rings. The minimum Gasteiger partial charge on any atom is -0.358 e. The number of nitrogens with zero attached hydrogens (tertiary/aromatic N) is 3. The molecule has 1 aromatic carbocycles. The van der Waals surface area contributed by atoms with Crippen molar-refractivity contribution in [3.8, 4) is 0 Å². The van der Waals surface area contributed by atoms with Gasteiger partial charge in [0.1, 0.15) is 5.92 Å². The summed E-state index contributed by atoms with van der Waals surface area (Å²) >= 11 is 0. The third kappa shape index (κ3) is 1.46. The number of hydrogen-bond acceptors (Lipinski definition) is 5. The first-order valence-electron chi connectivity index (χ1n) is 6.26. The molecular weight excluding hydrogens is 262 g/mol. The average Bonchev–Trinajstić information content (AvgIpc) is 2.79. The van der Waals surface area contributed by atoms with Crippen LogP contribution in [0, 0.1) is 20.2 Å². The second-order valence-electron chi connectivity index (χ2n) is 5.41. The van der Waals surface area contributed by atoms with Crippen molar-refractivity contribution in [2.75, 3.05) is 0 Å². The fraction of sp³-hybridized carbons (Fsp3) is 0.385. The highest BCUT2D eigenvalue weighted by molar-refractivity contribution is 5.47. The van der Waals surface area contributed by atoms with E-state index in [0.29, 0.717) is 5.56 Å². The van der Waals surface area contributed by atoms with Crippen LogP contribution in [0.2, 0.25) is 0 Å². The molecule has 2 aliphatic rings. The van der Waals surface area contributed by atoms with Crippen LogP contribution in [0.25, 0.3) is 0 Å². The standard InChI is InChI=1S/C13H13N3O4/c1-8-13(2)12(11(16(19)20)7-14(8)13)9-4-3-5-10(6-9)15(17)18/h3-8,12H,1-2H3. The molecule has 3 rings (SSSR count). The highest BCUT2D eigenvalue weighted by Gasteiger charge is 2.68. The van der Waals surface area contributed by atoms with Gasteiger partial charge in [0, 0.05) is 12.1 Å². The highest BCUT2D eigenvalue weighted by atomic mass is 16.6. The number of nitro benzene ring substituents is 1. The molecule has 0 spiro atoms. The van der Waals surface area contributed by atoms with Gasteiger partial charge in [-0.15, -0.1) is 0 Å². The van der Waals surface area contributed by atoms with E-state index in [1.165, 1.54) is 12.1 Å². The molecule has 0 amide bonds. The Hall–Kier alpha value is -2.44. The number of benzene rings is 1. The van der Waals surface area contributed by atoms with Crippen LogP contribution in [0.4, 0.5) is 5.69 Å². The van der Waals surface area contributed by atoms with Gasteiger partial charge >= 0.3 is 0 Å². The fourth-order valence-electron chi connectivity index (χ4n) is 3.24. The van der Waals surface area contributed by atoms with Crippen LogP contribution in [-0.4, -0.2) is 26.3 Å². The average molecular weight is 275 g/mol. The summed E-state index contributed by atoms with van der Waals surface area (Å²) < 4.78 is 0. The Morgan fingerprint density at radius 3 is 2.55 bits per heavy atom. The molecule has 104 valence electrons. The lowest BCUT2D eigenvalue weighted by molar-refractivity contribution is -0.430. The number of non-ortho nitro benzene ring substituents is 1. The second-order valence-corrected chi connectivity index (χ2v) is 5.41. The van der Waals surface area contributed by atoms with Crippen molar-refractivity contribution >= 4 is 5.69 Å². The lowest BCUT2D eigenvalue weighted by Crippen LogP contribution is -2.24. The van der Waals surface area contributed by atoms with E-state index >= 15 is 0 Å². The summed E-state index contributed by atoms with van der Waals surface area (Å²) in [7, 11) is 0. The van der Waals surface area contributed by atoms with Gasteiger partial charge in [0.15, 0.2) is 0 Å². The predicted octanol–water partition coefficient (Wildman–Crippen LogP) is 2.27. The number of rotatable bonds is 3. The molecular formula is C13H13N3O4. The van der Waals surface area contributed by atoms with Crippen molar-refractivity contribution in [1.82, 2.24) is 4.90 Å². The summed E-state index contributed by atoms with van der Waals surface area (Å²) in [5.74, 6) is -0.438. The first kappa shape index (κ1) is 12.6. The Balaban J connectivity index is 2.08. The smallest absolute Gasteiger partial charge is 0.271 e. The Morgan fingerprint density at radius 1 is 1.25 bits per heavy atom. The van der Waals surface area contributed by atoms with Crippen molar-refractivity contribution in [2.45, 2.75) is 31.3 Å². The van der Waals surface area contributed by atoms with Gasteiger partial charge in [0.25, 0.3) is 11.4 Å². The quantitative estimate of drug-likeness (QED) is 0.479. The minimum atomic E-state index is -0.482. The molecule has 0 aromatic heterocycles. The molecule has 0 saturated carbocycles. The Morgan fingerprint density at radius 2 is 1.95 bits per heavy atom. The van der Waals surface area contributed by atoms with Crippen LogP contribution in [0.5, 0.6) is 0 Å². The van der Waals surface area contributed by atoms with Crippen molar-refractivity contribution in [1.29, 1.82) is 0 Å². The maximum absolute atomic E-state index is 11.2. The van der Waals surface area contributed by atoms with Crippen molar-refractivity contribution in [2.24, 2.45) is 0 Å². The van der Waals surface area contributed by atoms with Gasteiger partial charge in [-0.05, 0) is 19.4 Å². The van der Waals surface area contributed by atoms with E-state index in [2.05, 4.69) is 0 Å². The number of hydrogen-bond donors (Lipinski definition) is 0. The number of nitro groups is 2. The Kier molecular flexibility index (Phi) is 2.38. The molecule has 0 aliphatic carbocycles. The van der Waals surface area contributed by atoms with E-state index in [0.717, 1.165) is 0 Å². The molecule has 3 atom stereocenters. The van der Waals surface area contributed by atoms with E-state index in [1.54, 1.807) is 18.3 Å². The van der Waals surface area contributed by atoms with Gasteiger partial charge < -0.3 is 4.90 Å². The summed E-state index contributed by atoms with van der Waals surface area (Å²) in [5, 5.41) is 22.1. The van der Waals surface area contributed by atoms with Gasteiger partial charge in [0.05, 0.1) is 27.6 Å². The summed E-state index contributed by atoms with van der Waals surface area (Å²) in [6, 6.07) is 6.32. The zero-order valence-corrected chi connectivity index (χ0v) is 11.0. The van der Waals surface area contributed by atoms with Gasteiger partial charge in [-0.25, -0.2) is 0 Å². The molecule has 0 N–H and O–H groups in total. The predicted molar refractivity (Wildman–Crippen MR) is 70.6 cm³/mol. The van der Waals surface area contributed by atoms with Crippen LogP contribution in [0.3, 0.4) is 0 Å². The normalized spacial score (nSPS) is 30.7. The maximum atomic E-state index is 11.2. The lowest BCUT2D eigenvalue weighted by atomic mass is 9.83. The fourth-order valence-corrected chi connectivity index (χ4v) is 3.24. The van der Waals surface area contributed by atoms with Gasteiger partial charge in [-0.1, -0.05) is 12.1 Å². The molecule has 0 radical (unpaired) electrons. The first-order valence-corrected chi connectivity index (χ1v) is 6.26. The molecule has 1 saturated heterocycles. The third-order valence-electron chi connectivity index (χ3n) is 4.53. The zero-order chi connectivity index (χ0) is 14.7. The molecule has 7 heteroatoms. The largest absolute Gasteiger partial charge is 0.358 e. The topological polar surface area (TPSA) is 89.3 Å². The summed E-state index contributed by atoms with van der Waals surface area (Å²) in [6.07, 6.45) is 1.56. The SMILES string of the molecule is CC1N2C=C([N+](=O)[O-])C(c3cccc([N+](=O)[O-])c3)C12C. The van der Waals surface area contributed by atoms with Gasteiger partial charge in [-0.2, -0.15) is 0 Å². The monoisotopic (exact) mass is 275 g/mol. The molecule has 0 bridgehead atoms. The lowest BCUT2D eigenvalue weighted by Gasteiger charge is -2.17. The van der Waals surface area contributed by atoms with Crippen molar-refractivity contribution in [3.63, 3.8) is 0 Å². The molecule has 20 heavy (non-hydrogen) atoms. The van der Waals surface area contributed by atoms with Crippen molar-refractivity contribution < 1.29 is 9.85 Å². The highest BCUT2D eigenvalue weighted by Crippen LogP contribution is 2.58. The molecule has 2 aliphatic heterocycles. The minimum absolute atomic E-state index is 0.0412. The maximum Gasteiger partial charge on any atom is 0.271 e. The van der Waals surface area contributed by atoms with Crippen molar-refractivity contribution in [3.05, 3.63) is 62.0 Å². The van der Waals surface area contributed by atoms with E-state index in [9.17, 15) is 20.2 Å². The third-order valence-corrected chi connectivity index (χ3v) is 4.53. The summed E-state index contributed by atoms with van der Waals surface area (Å²) in [5.41, 5.74) is 0.334. The van der Waals surface area contributed by atoms with Crippen LogP contribution >= 0.6 is 0 Å². The van der Waals surface area contributed by atoms with Crippen LogP contribution in [0.1, 0.15) is 25.3 Å². The zero-order valence-electron chi connectivity index (χ0n) is 11.0. The summed E-state index contributed by atoms with van der Waals surface area (Å²) in [6.45, 7) is 3.95.